The van der Waals surface area contributed by atoms with Crippen LogP contribution in [0.25, 0.3) is 22.3 Å². The van der Waals surface area contributed by atoms with Gasteiger partial charge in [-0.25, -0.2) is 4.79 Å². The monoisotopic (exact) mass is 503 g/mol. The summed E-state index contributed by atoms with van der Waals surface area (Å²) >= 11 is 1.39. The summed E-state index contributed by atoms with van der Waals surface area (Å²) in [5.41, 5.74) is 2.08. The molecule has 0 saturated carbocycles. The maximum absolute atomic E-state index is 13.4. The van der Waals surface area contributed by atoms with Crippen molar-refractivity contribution >= 4 is 39.2 Å². The lowest BCUT2D eigenvalue weighted by Gasteiger charge is -2.17. The third kappa shape index (κ3) is 4.40. The number of amides is 1. The van der Waals surface area contributed by atoms with Crippen LogP contribution in [0.5, 0.6) is 5.75 Å². The molecule has 184 valence electrons. The molecule has 1 atom stereocenters. The second-order valence-corrected chi connectivity index (χ2v) is 9.71. The molecule has 2 aromatic heterocycles. The third-order valence-corrected chi connectivity index (χ3v) is 7.46. The second-order valence-electron chi connectivity index (χ2n) is 8.61. The van der Waals surface area contributed by atoms with E-state index in [9.17, 15) is 14.4 Å². The average molecular weight is 504 g/mol. The molecule has 0 radical (unpaired) electrons. The van der Waals surface area contributed by atoms with Crippen LogP contribution in [0.4, 0.5) is 5.00 Å². The molecular weight excluding hydrogens is 478 g/mol. The van der Waals surface area contributed by atoms with Crippen LogP contribution >= 0.6 is 11.3 Å². The van der Waals surface area contributed by atoms with Gasteiger partial charge < -0.3 is 19.2 Å². The van der Waals surface area contributed by atoms with Crippen LogP contribution in [0.3, 0.4) is 0 Å². The van der Waals surface area contributed by atoms with Gasteiger partial charge in [0.15, 0.2) is 11.9 Å². The van der Waals surface area contributed by atoms with Gasteiger partial charge in [-0.05, 0) is 50.3 Å². The molecule has 1 aliphatic carbocycles. The Morgan fingerprint density at radius 2 is 1.75 bits per heavy atom. The van der Waals surface area contributed by atoms with Crippen molar-refractivity contribution in [2.75, 3.05) is 12.4 Å². The van der Waals surface area contributed by atoms with E-state index in [1.807, 2.05) is 30.3 Å². The smallest absolute Gasteiger partial charge is 0.341 e. The molecule has 7 nitrogen and oxygen atoms in total. The van der Waals surface area contributed by atoms with E-state index in [-0.39, 0.29) is 16.9 Å². The van der Waals surface area contributed by atoms with Crippen LogP contribution in [-0.2, 0) is 22.4 Å². The van der Waals surface area contributed by atoms with Gasteiger partial charge in [0, 0.05) is 10.4 Å². The number of rotatable bonds is 6. The van der Waals surface area contributed by atoms with Gasteiger partial charge in [-0.2, -0.15) is 0 Å². The van der Waals surface area contributed by atoms with Crippen LogP contribution in [0.2, 0.25) is 0 Å². The van der Waals surface area contributed by atoms with E-state index >= 15 is 0 Å². The maximum Gasteiger partial charge on any atom is 0.341 e. The second kappa shape index (κ2) is 9.99. The summed E-state index contributed by atoms with van der Waals surface area (Å²) in [4.78, 5) is 40.2. The van der Waals surface area contributed by atoms with E-state index < -0.39 is 18.0 Å². The maximum atomic E-state index is 13.4. The Morgan fingerprint density at radius 3 is 2.53 bits per heavy atom. The van der Waals surface area contributed by atoms with Crippen molar-refractivity contribution in [3.63, 3.8) is 0 Å². The highest BCUT2D eigenvalue weighted by molar-refractivity contribution is 7.17. The van der Waals surface area contributed by atoms with Gasteiger partial charge in [0.2, 0.25) is 11.2 Å². The molecule has 0 spiro atoms. The van der Waals surface area contributed by atoms with Gasteiger partial charge in [0.05, 0.1) is 18.1 Å². The molecule has 1 aliphatic rings. The molecule has 1 N–H and O–H groups in total. The van der Waals surface area contributed by atoms with E-state index in [2.05, 4.69) is 5.32 Å². The largest absolute Gasteiger partial charge is 0.473 e. The molecule has 8 heteroatoms. The number of hydrogen-bond acceptors (Lipinski definition) is 7. The Kier molecular flexibility index (Phi) is 6.61. The van der Waals surface area contributed by atoms with Crippen molar-refractivity contribution in [1.29, 1.82) is 0 Å². The molecule has 5 rings (SSSR count). The quantitative estimate of drug-likeness (QED) is 0.345. The Balaban J connectivity index is 1.48. The average Bonchev–Trinajstić information content (AvgIpc) is 3.27. The fourth-order valence-electron chi connectivity index (χ4n) is 4.43. The van der Waals surface area contributed by atoms with Gasteiger partial charge in [0.25, 0.3) is 5.91 Å². The molecule has 2 heterocycles. The number of anilines is 1. The minimum absolute atomic E-state index is 0.0405. The van der Waals surface area contributed by atoms with Crippen molar-refractivity contribution in [3.8, 4) is 17.1 Å². The zero-order chi connectivity index (χ0) is 25.2. The van der Waals surface area contributed by atoms with Gasteiger partial charge in [-0.3, -0.25) is 9.59 Å². The fraction of sp³-hybridized carbons (Fsp3) is 0.250. The van der Waals surface area contributed by atoms with E-state index in [1.54, 1.807) is 31.2 Å². The fourth-order valence-corrected chi connectivity index (χ4v) is 5.71. The number of methoxy groups -OCH3 is 1. The number of thiophene rings is 1. The van der Waals surface area contributed by atoms with E-state index in [0.717, 1.165) is 36.1 Å². The first-order valence-corrected chi connectivity index (χ1v) is 12.6. The van der Waals surface area contributed by atoms with Gasteiger partial charge >= 0.3 is 5.97 Å². The summed E-state index contributed by atoms with van der Waals surface area (Å²) in [5.74, 6) is -0.743. The van der Waals surface area contributed by atoms with Crippen LogP contribution in [0.15, 0.2) is 63.8 Å². The number of hydrogen-bond donors (Lipinski definition) is 1. The topological polar surface area (TPSA) is 94.8 Å². The minimum Gasteiger partial charge on any atom is -0.473 e. The van der Waals surface area contributed by atoms with Crippen LogP contribution in [0, 0.1) is 0 Å². The number of aryl methyl sites for hydroxylation is 1. The Hall–Kier alpha value is -3.91. The Bertz CT molecular complexity index is 1500. The van der Waals surface area contributed by atoms with E-state index in [1.165, 1.54) is 18.4 Å². The molecule has 0 bridgehead atoms. The SMILES string of the molecule is COC(=O)c1c(NC(=O)C(C)Oc2c(-c3ccccc3)oc3ccccc3c2=O)sc2c1CCCC2. The molecule has 36 heavy (non-hydrogen) atoms. The number of carbonyl (C=O) groups excluding carboxylic acids is 2. The first-order chi connectivity index (χ1) is 17.5. The normalized spacial score (nSPS) is 13.6. The van der Waals surface area contributed by atoms with Crippen LogP contribution < -0.4 is 15.5 Å². The predicted molar refractivity (Wildman–Crippen MR) is 139 cm³/mol. The molecule has 4 aromatic rings. The number of benzene rings is 2. The van der Waals surface area contributed by atoms with Crippen molar-refractivity contribution in [1.82, 2.24) is 0 Å². The van der Waals surface area contributed by atoms with Crippen molar-refractivity contribution in [2.24, 2.45) is 0 Å². The van der Waals surface area contributed by atoms with Crippen molar-refractivity contribution in [3.05, 3.63) is 80.8 Å². The summed E-state index contributed by atoms with van der Waals surface area (Å²) in [6.45, 7) is 1.56. The zero-order valence-electron chi connectivity index (χ0n) is 20.0. The van der Waals surface area contributed by atoms with Crippen LogP contribution in [0.1, 0.15) is 40.6 Å². The van der Waals surface area contributed by atoms with Gasteiger partial charge in [-0.15, -0.1) is 11.3 Å². The van der Waals surface area contributed by atoms with E-state index in [4.69, 9.17) is 13.9 Å². The van der Waals surface area contributed by atoms with Crippen molar-refractivity contribution < 1.29 is 23.5 Å². The lowest BCUT2D eigenvalue weighted by molar-refractivity contribution is -0.122. The molecule has 1 unspecified atom stereocenters. The lowest BCUT2D eigenvalue weighted by atomic mass is 9.95. The number of fused-ring (bicyclic) bond motifs is 2. The third-order valence-electron chi connectivity index (χ3n) is 6.25. The number of para-hydroxylation sites is 1. The summed E-state index contributed by atoms with van der Waals surface area (Å²) < 4.78 is 17.0. The molecule has 0 aliphatic heterocycles. The molecule has 0 saturated heterocycles. The van der Waals surface area contributed by atoms with Crippen LogP contribution in [-0.4, -0.2) is 25.1 Å². The summed E-state index contributed by atoms with van der Waals surface area (Å²) in [7, 11) is 1.33. The highest BCUT2D eigenvalue weighted by Gasteiger charge is 2.29. The number of carbonyl (C=O) groups is 2. The Labute approximate surface area is 211 Å². The van der Waals surface area contributed by atoms with E-state index in [0.29, 0.717) is 27.1 Å². The standard InChI is InChI=1S/C28H25NO6S/c1-16(26(31)29-27-22(28(32)33-2)19-13-7-9-15-21(19)36-27)34-25-23(30)18-12-6-8-14-20(18)35-24(25)17-10-4-3-5-11-17/h3-6,8,10-12,14,16H,7,9,13,15H2,1-2H3,(H,29,31). The molecule has 2 aromatic carbocycles. The number of nitrogens with one attached hydrogen (secondary N) is 1. The van der Waals surface area contributed by atoms with Gasteiger partial charge in [0.1, 0.15) is 10.6 Å². The summed E-state index contributed by atoms with van der Waals surface area (Å²) in [6, 6.07) is 16.0. The highest BCUT2D eigenvalue weighted by atomic mass is 32.1. The lowest BCUT2D eigenvalue weighted by Crippen LogP contribution is -2.32. The number of ether oxygens (including phenoxy) is 2. The highest BCUT2D eigenvalue weighted by Crippen LogP contribution is 2.39. The first-order valence-electron chi connectivity index (χ1n) is 11.8. The zero-order valence-corrected chi connectivity index (χ0v) is 20.8. The van der Waals surface area contributed by atoms with Crippen molar-refractivity contribution in [2.45, 2.75) is 38.7 Å². The first kappa shape index (κ1) is 23.8. The molecule has 0 fully saturated rings. The number of esters is 1. The van der Waals surface area contributed by atoms with Gasteiger partial charge in [-0.1, -0.05) is 42.5 Å². The minimum atomic E-state index is -1.04. The molecular formula is C28H25NO6S. The Morgan fingerprint density at radius 1 is 1.03 bits per heavy atom. The predicted octanol–water partition coefficient (Wildman–Crippen LogP) is 5.59. The summed E-state index contributed by atoms with van der Waals surface area (Å²) in [6.07, 6.45) is 2.63. The summed E-state index contributed by atoms with van der Waals surface area (Å²) in [5, 5.41) is 3.65. The molecule has 1 amide bonds.